The standard InChI is InChI=1S/C15H12ClFO2/c1-10-6-7-11(17)8-15(10)19-9-14(18)12-4-2-3-5-13(12)16/h2-8H,9H2,1H3. The van der Waals surface area contributed by atoms with Crippen molar-refractivity contribution in [3.63, 3.8) is 0 Å². The van der Waals surface area contributed by atoms with Crippen LogP contribution in [0.4, 0.5) is 4.39 Å². The van der Waals surface area contributed by atoms with Crippen LogP contribution in [0.1, 0.15) is 15.9 Å². The first-order valence-corrected chi connectivity index (χ1v) is 6.12. The van der Waals surface area contributed by atoms with Crippen molar-refractivity contribution in [2.24, 2.45) is 0 Å². The minimum atomic E-state index is -0.397. The third-order valence-electron chi connectivity index (χ3n) is 2.68. The highest BCUT2D eigenvalue weighted by Gasteiger charge is 2.11. The summed E-state index contributed by atoms with van der Waals surface area (Å²) in [5.41, 5.74) is 1.17. The van der Waals surface area contributed by atoms with Gasteiger partial charge in [-0.3, -0.25) is 4.79 Å². The van der Waals surface area contributed by atoms with Gasteiger partial charge in [-0.25, -0.2) is 4.39 Å². The zero-order chi connectivity index (χ0) is 13.8. The predicted molar refractivity (Wildman–Crippen MR) is 72.4 cm³/mol. The van der Waals surface area contributed by atoms with Crippen LogP contribution in [0.3, 0.4) is 0 Å². The number of aryl methyl sites for hydroxylation is 1. The number of benzene rings is 2. The molecule has 0 spiro atoms. The Morgan fingerprint density at radius 3 is 2.74 bits per heavy atom. The average molecular weight is 279 g/mol. The van der Waals surface area contributed by atoms with Crippen LogP contribution in [0, 0.1) is 12.7 Å². The molecule has 0 saturated carbocycles. The zero-order valence-corrected chi connectivity index (χ0v) is 11.1. The number of ketones is 1. The van der Waals surface area contributed by atoms with Crippen molar-refractivity contribution in [1.29, 1.82) is 0 Å². The normalized spacial score (nSPS) is 10.3. The molecule has 4 heteroatoms. The number of Topliss-reactive ketones (excluding diaryl/α,β-unsaturated/α-hetero) is 1. The first kappa shape index (κ1) is 13.6. The highest BCUT2D eigenvalue weighted by molar-refractivity contribution is 6.34. The van der Waals surface area contributed by atoms with Crippen LogP contribution in [0.25, 0.3) is 0 Å². The molecule has 0 atom stereocenters. The lowest BCUT2D eigenvalue weighted by atomic mass is 10.1. The summed E-state index contributed by atoms with van der Waals surface area (Å²) in [6.07, 6.45) is 0. The van der Waals surface area contributed by atoms with Crippen LogP contribution in [0.2, 0.25) is 5.02 Å². The molecular formula is C15H12ClFO2. The molecule has 0 aliphatic carbocycles. The lowest BCUT2D eigenvalue weighted by Crippen LogP contribution is -2.12. The maximum atomic E-state index is 13.1. The van der Waals surface area contributed by atoms with E-state index in [1.807, 2.05) is 0 Å². The summed E-state index contributed by atoms with van der Waals surface area (Å²) in [6.45, 7) is 1.61. The Morgan fingerprint density at radius 2 is 2.00 bits per heavy atom. The molecule has 2 aromatic carbocycles. The lowest BCUT2D eigenvalue weighted by Gasteiger charge is -2.09. The molecule has 2 rings (SSSR count). The van der Waals surface area contributed by atoms with Crippen molar-refractivity contribution in [2.45, 2.75) is 6.92 Å². The van der Waals surface area contributed by atoms with Crippen molar-refractivity contribution < 1.29 is 13.9 Å². The largest absolute Gasteiger partial charge is 0.485 e. The highest BCUT2D eigenvalue weighted by atomic mass is 35.5. The van der Waals surface area contributed by atoms with Gasteiger partial charge in [0.25, 0.3) is 0 Å². The quantitative estimate of drug-likeness (QED) is 0.789. The molecule has 98 valence electrons. The van der Waals surface area contributed by atoms with Gasteiger partial charge < -0.3 is 4.74 Å². The second kappa shape index (κ2) is 5.85. The van der Waals surface area contributed by atoms with Crippen molar-refractivity contribution in [3.8, 4) is 5.75 Å². The van der Waals surface area contributed by atoms with E-state index in [2.05, 4.69) is 0 Å². The zero-order valence-electron chi connectivity index (χ0n) is 10.3. The topological polar surface area (TPSA) is 26.3 Å². The molecule has 0 aliphatic heterocycles. The van der Waals surface area contributed by atoms with Gasteiger partial charge >= 0.3 is 0 Å². The van der Waals surface area contributed by atoms with Gasteiger partial charge in [-0.15, -0.1) is 0 Å². The molecule has 0 unspecified atom stereocenters. The summed E-state index contributed by atoms with van der Waals surface area (Å²) in [7, 11) is 0. The maximum Gasteiger partial charge on any atom is 0.201 e. The van der Waals surface area contributed by atoms with Gasteiger partial charge in [0.1, 0.15) is 11.6 Å². The number of rotatable bonds is 4. The molecule has 0 heterocycles. The summed E-state index contributed by atoms with van der Waals surface area (Å²) in [5.74, 6) is -0.277. The second-order valence-electron chi connectivity index (χ2n) is 4.10. The van der Waals surface area contributed by atoms with Gasteiger partial charge in [-0.1, -0.05) is 29.8 Å². The molecule has 0 fully saturated rings. The fourth-order valence-electron chi connectivity index (χ4n) is 1.64. The molecule has 0 N–H and O–H groups in total. The van der Waals surface area contributed by atoms with E-state index in [4.69, 9.17) is 16.3 Å². The Labute approximate surface area is 115 Å². The third kappa shape index (κ3) is 3.32. The van der Waals surface area contributed by atoms with E-state index in [9.17, 15) is 9.18 Å². The molecule has 0 saturated heterocycles. The van der Waals surface area contributed by atoms with Crippen molar-refractivity contribution in [2.75, 3.05) is 6.61 Å². The summed E-state index contributed by atoms with van der Waals surface area (Å²) in [5, 5.41) is 0.382. The van der Waals surface area contributed by atoms with Crippen molar-refractivity contribution in [1.82, 2.24) is 0 Å². The van der Waals surface area contributed by atoms with Gasteiger partial charge in [-0.05, 0) is 30.7 Å². The van der Waals surface area contributed by atoms with Crippen molar-refractivity contribution >= 4 is 17.4 Å². The van der Waals surface area contributed by atoms with E-state index < -0.39 is 5.82 Å². The lowest BCUT2D eigenvalue weighted by molar-refractivity contribution is 0.0921. The monoisotopic (exact) mass is 278 g/mol. The van der Waals surface area contributed by atoms with E-state index in [1.165, 1.54) is 12.1 Å². The van der Waals surface area contributed by atoms with Crippen LogP contribution in [-0.4, -0.2) is 12.4 Å². The first-order chi connectivity index (χ1) is 9.08. The molecular weight excluding hydrogens is 267 g/mol. The van der Waals surface area contributed by atoms with Crippen LogP contribution >= 0.6 is 11.6 Å². The van der Waals surface area contributed by atoms with Crippen LogP contribution in [-0.2, 0) is 0 Å². The number of hydrogen-bond acceptors (Lipinski definition) is 2. The summed E-state index contributed by atoms with van der Waals surface area (Å²) < 4.78 is 18.4. The molecule has 2 aromatic rings. The van der Waals surface area contributed by atoms with Crippen LogP contribution < -0.4 is 4.74 Å². The van der Waals surface area contributed by atoms with Gasteiger partial charge in [-0.2, -0.15) is 0 Å². The summed E-state index contributed by atoms with van der Waals surface area (Å²) >= 11 is 5.92. The van der Waals surface area contributed by atoms with Gasteiger partial charge in [0.15, 0.2) is 6.61 Å². The fourth-order valence-corrected chi connectivity index (χ4v) is 1.88. The van der Waals surface area contributed by atoms with E-state index >= 15 is 0 Å². The molecule has 19 heavy (non-hydrogen) atoms. The molecule has 0 bridgehead atoms. The first-order valence-electron chi connectivity index (χ1n) is 5.74. The predicted octanol–water partition coefficient (Wildman–Crippen LogP) is 4.05. The van der Waals surface area contributed by atoms with Crippen LogP contribution in [0.15, 0.2) is 42.5 Å². The van der Waals surface area contributed by atoms with Crippen molar-refractivity contribution in [3.05, 3.63) is 64.4 Å². The Kier molecular flexibility index (Phi) is 4.17. The smallest absolute Gasteiger partial charge is 0.201 e. The minimum Gasteiger partial charge on any atom is -0.485 e. The highest BCUT2D eigenvalue weighted by Crippen LogP contribution is 2.20. The number of halogens is 2. The number of hydrogen-bond donors (Lipinski definition) is 0. The molecule has 0 aliphatic rings. The molecule has 0 radical (unpaired) electrons. The Hall–Kier alpha value is -1.87. The second-order valence-corrected chi connectivity index (χ2v) is 4.51. The van der Waals surface area contributed by atoms with Gasteiger partial charge in [0.05, 0.1) is 5.02 Å². The number of ether oxygens (including phenoxy) is 1. The maximum absolute atomic E-state index is 13.1. The van der Waals surface area contributed by atoms with Crippen LogP contribution in [0.5, 0.6) is 5.75 Å². The van der Waals surface area contributed by atoms with Gasteiger partial charge in [0, 0.05) is 11.6 Å². The van der Waals surface area contributed by atoms with E-state index in [0.717, 1.165) is 5.56 Å². The Balaban J connectivity index is 2.09. The molecule has 2 nitrogen and oxygen atoms in total. The summed E-state index contributed by atoms with van der Waals surface area (Å²) in [6, 6.07) is 11.0. The Morgan fingerprint density at radius 1 is 1.26 bits per heavy atom. The average Bonchev–Trinajstić information content (AvgIpc) is 2.40. The van der Waals surface area contributed by atoms with Gasteiger partial charge in [0.2, 0.25) is 5.78 Å². The number of carbonyl (C=O) groups excluding carboxylic acids is 1. The minimum absolute atomic E-state index is 0.173. The van der Waals surface area contributed by atoms with E-state index in [1.54, 1.807) is 37.3 Å². The van der Waals surface area contributed by atoms with E-state index in [-0.39, 0.29) is 12.4 Å². The number of carbonyl (C=O) groups is 1. The molecule has 0 aromatic heterocycles. The Bertz CT molecular complexity index is 611. The SMILES string of the molecule is Cc1ccc(F)cc1OCC(=O)c1ccccc1Cl. The van der Waals surface area contributed by atoms with E-state index in [0.29, 0.717) is 16.3 Å². The summed E-state index contributed by atoms with van der Waals surface area (Å²) in [4.78, 5) is 11.9. The fraction of sp³-hybridized carbons (Fsp3) is 0.133. The third-order valence-corrected chi connectivity index (χ3v) is 3.01. The molecule has 0 amide bonds.